The molecule has 4 nitrogen and oxygen atoms in total. The fraction of sp³-hybridized carbons (Fsp3) is 0.250. The Morgan fingerprint density at radius 1 is 1.25 bits per heavy atom. The van der Waals surface area contributed by atoms with E-state index in [0.29, 0.717) is 11.4 Å². The molecule has 0 saturated heterocycles. The number of aromatic nitrogens is 1. The van der Waals surface area contributed by atoms with Gasteiger partial charge in [0.1, 0.15) is 5.69 Å². The molecule has 1 heterocycles. The second-order valence-corrected chi connectivity index (χ2v) is 4.77. The number of hydrogen-bond donors (Lipinski definition) is 2. The third-order valence-electron chi connectivity index (χ3n) is 3.25. The maximum atomic E-state index is 12.0. The Labute approximate surface area is 119 Å². The fourth-order valence-corrected chi connectivity index (χ4v) is 1.94. The zero-order valence-electron chi connectivity index (χ0n) is 11.8. The molecule has 20 heavy (non-hydrogen) atoms. The molecule has 1 aromatic heterocycles. The summed E-state index contributed by atoms with van der Waals surface area (Å²) >= 11 is 0. The number of hydrogen-bond acceptors (Lipinski definition) is 3. The molecule has 104 valence electrons. The second-order valence-electron chi connectivity index (χ2n) is 4.77. The molecule has 2 rings (SSSR count). The van der Waals surface area contributed by atoms with Crippen LogP contribution in [-0.2, 0) is 6.42 Å². The average molecular weight is 269 g/mol. The van der Waals surface area contributed by atoms with Gasteiger partial charge < -0.3 is 11.1 Å². The van der Waals surface area contributed by atoms with E-state index >= 15 is 0 Å². The smallest absolute Gasteiger partial charge is 0.270 e. The van der Waals surface area contributed by atoms with E-state index in [1.807, 2.05) is 19.1 Å². The Morgan fingerprint density at radius 3 is 2.50 bits per heavy atom. The number of benzene rings is 1. The molecular formula is C16H19N3O. The standard InChI is InChI=1S/C16H19N3O/c1-3-12-4-6-13(7-5-12)11(2)19-16(20)15-9-8-14(17)10-18-15/h4-11H,3,17H2,1-2H3,(H,19,20). The van der Waals surface area contributed by atoms with Gasteiger partial charge in [0.05, 0.1) is 17.9 Å². The predicted molar refractivity (Wildman–Crippen MR) is 80.4 cm³/mol. The van der Waals surface area contributed by atoms with E-state index in [0.717, 1.165) is 12.0 Å². The number of nitrogens with two attached hydrogens (primary N) is 1. The first-order valence-corrected chi connectivity index (χ1v) is 6.71. The third-order valence-corrected chi connectivity index (χ3v) is 3.25. The summed E-state index contributed by atoms with van der Waals surface area (Å²) in [6, 6.07) is 11.5. The van der Waals surface area contributed by atoms with Gasteiger partial charge in [-0.2, -0.15) is 0 Å². The lowest BCUT2D eigenvalue weighted by atomic mass is 10.0. The molecule has 0 fully saturated rings. The Balaban J connectivity index is 2.04. The lowest BCUT2D eigenvalue weighted by Crippen LogP contribution is -2.27. The highest BCUT2D eigenvalue weighted by Gasteiger charge is 2.12. The summed E-state index contributed by atoms with van der Waals surface area (Å²) in [5.74, 6) is -0.197. The van der Waals surface area contributed by atoms with Gasteiger partial charge in [0, 0.05) is 0 Å². The van der Waals surface area contributed by atoms with Gasteiger partial charge in [0.25, 0.3) is 5.91 Å². The first kappa shape index (κ1) is 14.1. The SMILES string of the molecule is CCc1ccc(C(C)NC(=O)c2ccc(N)cn2)cc1. The van der Waals surface area contributed by atoms with Gasteiger partial charge in [0.15, 0.2) is 0 Å². The zero-order valence-corrected chi connectivity index (χ0v) is 11.8. The Bertz CT molecular complexity index is 576. The highest BCUT2D eigenvalue weighted by molar-refractivity contribution is 5.92. The molecular weight excluding hydrogens is 250 g/mol. The molecule has 2 aromatic rings. The maximum Gasteiger partial charge on any atom is 0.270 e. The minimum atomic E-state index is -0.197. The molecule has 1 aromatic carbocycles. The number of anilines is 1. The number of nitrogen functional groups attached to an aromatic ring is 1. The van der Waals surface area contributed by atoms with Gasteiger partial charge in [0.2, 0.25) is 0 Å². The van der Waals surface area contributed by atoms with Gasteiger partial charge in [-0.3, -0.25) is 4.79 Å². The number of nitrogens with zero attached hydrogens (tertiary/aromatic N) is 1. The molecule has 4 heteroatoms. The Hall–Kier alpha value is -2.36. The summed E-state index contributed by atoms with van der Waals surface area (Å²) in [5, 5.41) is 2.93. The van der Waals surface area contributed by atoms with Crippen molar-refractivity contribution in [2.75, 3.05) is 5.73 Å². The van der Waals surface area contributed by atoms with Gasteiger partial charge in [-0.15, -0.1) is 0 Å². The van der Waals surface area contributed by atoms with Crippen molar-refractivity contribution in [1.29, 1.82) is 0 Å². The van der Waals surface area contributed by atoms with Crippen molar-refractivity contribution < 1.29 is 4.79 Å². The molecule has 0 aliphatic heterocycles. The van der Waals surface area contributed by atoms with Crippen molar-refractivity contribution in [1.82, 2.24) is 10.3 Å². The number of pyridine rings is 1. The van der Waals surface area contributed by atoms with Crippen LogP contribution in [0.5, 0.6) is 0 Å². The first-order valence-electron chi connectivity index (χ1n) is 6.71. The number of aryl methyl sites for hydroxylation is 1. The van der Waals surface area contributed by atoms with Crippen molar-refractivity contribution in [3.63, 3.8) is 0 Å². The van der Waals surface area contributed by atoms with E-state index < -0.39 is 0 Å². The molecule has 0 saturated carbocycles. The van der Waals surface area contributed by atoms with E-state index in [9.17, 15) is 4.79 Å². The largest absolute Gasteiger partial charge is 0.397 e. The van der Waals surface area contributed by atoms with E-state index in [-0.39, 0.29) is 11.9 Å². The molecule has 3 N–H and O–H groups in total. The minimum Gasteiger partial charge on any atom is -0.397 e. The zero-order chi connectivity index (χ0) is 14.5. The molecule has 1 amide bonds. The van der Waals surface area contributed by atoms with E-state index in [2.05, 4.69) is 29.4 Å². The quantitative estimate of drug-likeness (QED) is 0.896. The van der Waals surface area contributed by atoms with E-state index in [1.165, 1.54) is 11.8 Å². The van der Waals surface area contributed by atoms with Gasteiger partial charge in [-0.05, 0) is 36.6 Å². The van der Waals surface area contributed by atoms with E-state index in [1.54, 1.807) is 12.1 Å². The molecule has 1 atom stereocenters. The Kier molecular flexibility index (Phi) is 4.35. The molecule has 0 radical (unpaired) electrons. The monoisotopic (exact) mass is 269 g/mol. The van der Waals surface area contributed by atoms with Gasteiger partial charge in [-0.25, -0.2) is 4.98 Å². The lowest BCUT2D eigenvalue weighted by Gasteiger charge is -2.14. The summed E-state index contributed by atoms with van der Waals surface area (Å²) in [5.41, 5.74) is 8.83. The van der Waals surface area contributed by atoms with Crippen LogP contribution in [0, 0.1) is 0 Å². The first-order chi connectivity index (χ1) is 9.60. The van der Waals surface area contributed by atoms with Gasteiger partial charge >= 0.3 is 0 Å². The van der Waals surface area contributed by atoms with Crippen molar-refractivity contribution >= 4 is 11.6 Å². The van der Waals surface area contributed by atoms with Crippen LogP contribution in [0.2, 0.25) is 0 Å². The topological polar surface area (TPSA) is 68.0 Å². The number of carbonyl (C=O) groups excluding carboxylic acids is 1. The summed E-state index contributed by atoms with van der Waals surface area (Å²) in [4.78, 5) is 16.1. The number of amides is 1. The van der Waals surface area contributed by atoms with Crippen LogP contribution in [-0.4, -0.2) is 10.9 Å². The minimum absolute atomic E-state index is 0.0623. The number of rotatable bonds is 4. The van der Waals surface area contributed by atoms with Crippen molar-refractivity contribution in [3.05, 3.63) is 59.4 Å². The van der Waals surface area contributed by atoms with Crippen molar-refractivity contribution in [3.8, 4) is 0 Å². The molecule has 0 aliphatic carbocycles. The summed E-state index contributed by atoms with van der Waals surface area (Å²) < 4.78 is 0. The van der Waals surface area contributed by atoms with Crippen LogP contribution in [0.15, 0.2) is 42.6 Å². The van der Waals surface area contributed by atoms with Crippen molar-refractivity contribution in [2.24, 2.45) is 0 Å². The highest BCUT2D eigenvalue weighted by Crippen LogP contribution is 2.14. The number of nitrogens with one attached hydrogen (secondary N) is 1. The van der Waals surface area contributed by atoms with Crippen LogP contribution in [0.1, 0.15) is 41.5 Å². The fourth-order valence-electron chi connectivity index (χ4n) is 1.94. The molecule has 0 aliphatic rings. The van der Waals surface area contributed by atoms with E-state index in [4.69, 9.17) is 5.73 Å². The molecule has 0 spiro atoms. The number of carbonyl (C=O) groups is 1. The molecule has 1 unspecified atom stereocenters. The Morgan fingerprint density at radius 2 is 1.95 bits per heavy atom. The normalized spacial score (nSPS) is 11.9. The highest BCUT2D eigenvalue weighted by atomic mass is 16.1. The molecule has 0 bridgehead atoms. The third kappa shape index (κ3) is 3.35. The summed E-state index contributed by atoms with van der Waals surface area (Å²) in [6.45, 7) is 4.07. The van der Waals surface area contributed by atoms with Crippen molar-refractivity contribution in [2.45, 2.75) is 26.3 Å². The van der Waals surface area contributed by atoms with Gasteiger partial charge in [-0.1, -0.05) is 31.2 Å². The summed E-state index contributed by atoms with van der Waals surface area (Å²) in [7, 11) is 0. The predicted octanol–water partition coefficient (Wildman–Crippen LogP) is 2.72. The second kappa shape index (κ2) is 6.19. The summed E-state index contributed by atoms with van der Waals surface area (Å²) in [6.07, 6.45) is 2.49. The van der Waals surface area contributed by atoms with Crippen LogP contribution in [0.3, 0.4) is 0 Å². The average Bonchev–Trinajstić information content (AvgIpc) is 2.48. The maximum absolute atomic E-state index is 12.0. The van der Waals surface area contributed by atoms with Crippen LogP contribution in [0.4, 0.5) is 5.69 Å². The van der Waals surface area contributed by atoms with Crippen LogP contribution < -0.4 is 11.1 Å². The lowest BCUT2D eigenvalue weighted by molar-refractivity contribution is 0.0935. The van der Waals surface area contributed by atoms with Crippen LogP contribution in [0.25, 0.3) is 0 Å². The van der Waals surface area contributed by atoms with Crippen LogP contribution >= 0.6 is 0 Å².